The van der Waals surface area contributed by atoms with Gasteiger partial charge in [0.05, 0.1) is 35.0 Å². The number of sulfonamides is 1. The monoisotopic (exact) mass is 386 g/mol. The van der Waals surface area contributed by atoms with Gasteiger partial charge in [0.15, 0.2) is 0 Å². The lowest BCUT2D eigenvalue weighted by molar-refractivity contribution is 0.185. The maximum Gasteiger partial charge on any atom is 0.261 e. The highest BCUT2D eigenvalue weighted by Crippen LogP contribution is 2.26. The van der Waals surface area contributed by atoms with E-state index < -0.39 is 10.0 Å². The van der Waals surface area contributed by atoms with Crippen LogP contribution in [0.1, 0.15) is 5.56 Å². The maximum atomic E-state index is 12.3. The zero-order valence-electron chi connectivity index (χ0n) is 12.0. The number of pyridine rings is 1. The fraction of sp³-hybridized carbons (Fsp3) is 0.214. The summed E-state index contributed by atoms with van der Waals surface area (Å²) in [4.78, 5) is 4.17. The first-order chi connectivity index (χ1) is 10.5. The number of methoxy groups -OCH3 is 2. The highest BCUT2D eigenvalue weighted by molar-refractivity contribution is 9.10. The SMILES string of the molecule is COCc1ccc(S(=O)(=O)Nc2cnc(OC)c(Br)c2)cc1. The molecule has 0 amide bonds. The molecule has 1 aromatic carbocycles. The summed E-state index contributed by atoms with van der Waals surface area (Å²) in [5.74, 6) is 0.381. The van der Waals surface area contributed by atoms with Crippen molar-refractivity contribution in [2.45, 2.75) is 11.5 Å². The van der Waals surface area contributed by atoms with Gasteiger partial charge in [-0.3, -0.25) is 4.72 Å². The second-order valence-corrected chi connectivity index (χ2v) is 6.93. The molecule has 0 fully saturated rings. The first kappa shape index (κ1) is 16.7. The Morgan fingerprint density at radius 1 is 1.23 bits per heavy atom. The number of nitrogens with zero attached hydrogens (tertiary/aromatic N) is 1. The summed E-state index contributed by atoms with van der Waals surface area (Å²) < 4.78 is 37.7. The number of hydrogen-bond donors (Lipinski definition) is 1. The summed E-state index contributed by atoms with van der Waals surface area (Å²) in [5, 5.41) is 0. The van der Waals surface area contributed by atoms with Gasteiger partial charge < -0.3 is 9.47 Å². The van der Waals surface area contributed by atoms with Gasteiger partial charge in [0.2, 0.25) is 5.88 Å². The molecular weight excluding hydrogens is 372 g/mol. The Morgan fingerprint density at radius 3 is 2.45 bits per heavy atom. The second-order valence-electron chi connectivity index (χ2n) is 4.40. The summed E-state index contributed by atoms with van der Waals surface area (Å²) in [6.45, 7) is 0.434. The first-order valence-electron chi connectivity index (χ1n) is 6.26. The Bertz CT molecular complexity index is 748. The van der Waals surface area contributed by atoms with Crippen LogP contribution in [0.4, 0.5) is 5.69 Å². The summed E-state index contributed by atoms with van der Waals surface area (Å²) >= 11 is 3.26. The van der Waals surface area contributed by atoms with Gasteiger partial charge in [-0.25, -0.2) is 13.4 Å². The van der Waals surface area contributed by atoms with E-state index in [1.165, 1.54) is 25.4 Å². The van der Waals surface area contributed by atoms with Crippen LogP contribution in [0.5, 0.6) is 5.88 Å². The minimum atomic E-state index is -3.67. The molecule has 118 valence electrons. The van der Waals surface area contributed by atoms with Crippen molar-refractivity contribution >= 4 is 31.6 Å². The maximum absolute atomic E-state index is 12.3. The van der Waals surface area contributed by atoms with Crippen LogP contribution in [0.15, 0.2) is 45.9 Å². The van der Waals surface area contributed by atoms with Crippen LogP contribution in [0, 0.1) is 0 Å². The van der Waals surface area contributed by atoms with Crippen molar-refractivity contribution in [2.75, 3.05) is 18.9 Å². The van der Waals surface area contributed by atoms with Crippen molar-refractivity contribution in [2.24, 2.45) is 0 Å². The quantitative estimate of drug-likeness (QED) is 0.825. The highest BCUT2D eigenvalue weighted by atomic mass is 79.9. The van der Waals surface area contributed by atoms with Crippen molar-refractivity contribution in [1.29, 1.82) is 0 Å². The van der Waals surface area contributed by atoms with E-state index >= 15 is 0 Å². The number of anilines is 1. The zero-order chi connectivity index (χ0) is 16.2. The Labute approximate surface area is 137 Å². The number of benzene rings is 1. The van der Waals surface area contributed by atoms with Crippen LogP contribution in [0.3, 0.4) is 0 Å². The molecule has 0 spiro atoms. The summed E-state index contributed by atoms with van der Waals surface area (Å²) in [6.07, 6.45) is 1.39. The molecule has 0 radical (unpaired) electrons. The fourth-order valence-corrected chi connectivity index (χ4v) is 3.32. The Hall–Kier alpha value is -1.64. The average Bonchev–Trinajstić information content (AvgIpc) is 2.48. The summed E-state index contributed by atoms with van der Waals surface area (Å²) in [7, 11) is -0.605. The number of rotatable bonds is 6. The van der Waals surface area contributed by atoms with E-state index in [4.69, 9.17) is 9.47 Å². The average molecular weight is 387 g/mol. The van der Waals surface area contributed by atoms with Crippen LogP contribution in [0.25, 0.3) is 0 Å². The van der Waals surface area contributed by atoms with Gasteiger partial charge in [0.1, 0.15) is 0 Å². The smallest absolute Gasteiger partial charge is 0.261 e. The van der Waals surface area contributed by atoms with Crippen molar-refractivity contribution < 1.29 is 17.9 Å². The molecule has 6 nitrogen and oxygen atoms in total. The summed E-state index contributed by atoms with van der Waals surface area (Å²) in [6, 6.07) is 8.06. The predicted molar refractivity (Wildman–Crippen MR) is 86.5 cm³/mol. The first-order valence-corrected chi connectivity index (χ1v) is 8.54. The number of hydrogen-bond acceptors (Lipinski definition) is 5. The van der Waals surface area contributed by atoms with Gasteiger partial charge in [0, 0.05) is 7.11 Å². The topological polar surface area (TPSA) is 77.5 Å². The van der Waals surface area contributed by atoms with Crippen LogP contribution in [0.2, 0.25) is 0 Å². The van der Waals surface area contributed by atoms with E-state index in [-0.39, 0.29) is 4.90 Å². The Balaban J connectivity index is 2.21. The van der Waals surface area contributed by atoms with Crippen LogP contribution in [-0.2, 0) is 21.4 Å². The van der Waals surface area contributed by atoms with E-state index in [1.54, 1.807) is 25.3 Å². The number of nitrogens with one attached hydrogen (secondary N) is 1. The van der Waals surface area contributed by atoms with Gasteiger partial charge >= 0.3 is 0 Å². The van der Waals surface area contributed by atoms with Crippen LogP contribution < -0.4 is 9.46 Å². The molecule has 0 saturated carbocycles. The Morgan fingerprint density at radius 2 is 1.91 bits per heavy atom. The number of aromatic nitrogens is 1. The normalized spacial score (nSPS) is 11.2. The van der Waals surface area contributed by atoms with Crippen molar-refractivity contribution in [3.63, 3.8) is 0 Å². The Kier molecular flexibility index (Phi) is 5.38. The molecule has 2 aromatic rings. The lowest BCUT2D eigenvalue weighted by Gasteiger charge is -2.10. The van der Waals surface area contributed by atoms with Crippen molar-refractivity contribution in [3.8, 4) is 5.88 Å². The molecule has 1 heterocycles. The zero-order valence-corrected chi connectivity index (χ0v) is 14.4. The standard InChI is InChI=1S/C14H15BrN2O4S/c1-20-9-10-3-5-12(6-4-10)22(18,19)17-11-7-13(15)14(21-2)16-8-11/h3-8,17H,9H2,1-2H3. The number of ether oxygens (including phenoxy) is 2. The van der Waals surface area contributed by atoms with Gasteiger partial charge in [-0.1, -0.05) is 12.1 Å². The minimum absolute atomic E-state index is 0.166. The third-order valence-electron chi connectivity index (χ3n) is 2.80. The molecule has 0 aliphatic carbocycles. The van der Waals surface area contributed by atoms with E-state index in [0.717, 1.165) is 5.56 Å². The minimum Gasteiger partial charge on any atom is -0.480 e. The molecule has 0 aliphatic heterocycles. The predicted octanol–water partition coefficient (Wildman–Crippen LogP) is 2.80. The molecule has 8 heteroatoms. The van der Waals surface area contributed by atoms with Crippen molar-refractivity contribution in [1.82, 2.24) is 4.98 Å². The molecule has 0 saturated heterocycles. The van der Waals surface area contributed by atoms with Crippen molar-refractivity contribution in [3.05, 3.63) is 46.6 Å². The molecule has 1 aromatic heterocycles. The molecule has 0 atom stereocenters. The van der Waals surface area contributed by atoms with E-state index in [9.17, 15) is 8.42 Å². The molecule has 0 bridgehead atoms. The third kappa shape index (κ3) is 3.96. The van der Waals surface area contributed by atoms with Gasteiger partial charge in [0.25, 0.3) is 10.0 Å². The van der Waals surface area contributed by atoms with Gasteiger partial charge in [-0.2, -0.15) is 0 Å². The second kappa shape index (κ2) is 7.08. The molecular formula is C14H15BrN2O4S. The van der Waals surface area contributed by atoms with Gasteiger partial charge in [-0.15, -0.1) is 0 Å². The van der Waals surface area contributed by atoms with E-state index in [2.05, 4.69) is 25.6 Å². The largest absolute Gasteiger partial charge is 0.480 e. The highest BCUT2D eigenvalue weighted by Gasteiger charge is 2.15. The molecule has 22 heavy (non-hydrogen) atoms. The number of halogens is 1. The third-order valence-corrected chi connectivity index (χ3v) is 4.76. The van der Waals surface area contributed by atoms with Crippen LogP contribution in [-0.4, -0.2) is 27.6 Å². The lowest BCUT2D eigenvalue weighted by atomic mass is 10.2. The lowest BCUT2D eigenvalue weighted by Crippen LogP contribution is -2.13. The van der Waals surface area contributed by atoms with Crippen LogP contribution >= 0.6 is 15.9 Å². The summed E-state index contributed by atoms with van der Waals surface area (Å²) in [5.41, 5.74) is 1.24. The van der Waals surface area contributed by atoms with E-state index in [1.807, 2.05) is 0 Å². The fourth-order valence-electron chi connectivity index (χ4n) is 1.78. The van der Waals surface area contributed by atoms with Gasteiger partial charge in [-0.05, 0) is 39.7 Å². The van der Waals surface area contributed by atoms with E-state index in [0.29, 0.717) is 22.6 Å². The molecule has 0 unspecified atom stereocenters. The molecule has 0 aliphatic rings. The molecule has 2 rings (SSSR count). The molecule has 1 N–H and O–H groups in total.